The fraction of sp³-hybridized carbons (Fsp3) is 0.480. The van der Waals surface area contributed by atoms with Crippen LogP contribution < -0.4 is 15.1 Å². The molecule has 3 aromatic rings. The molecule has 1 aromatic carbocycles. The zero-order chi connectivity index (χ0) is 23.6. The van der Waals surface area contributed by atoms with Crippen molar-refractivity contribution in [3.05, 3.63) is 42.1 Å². The molecule has 0 unspecified atom stereocenters. The molecule has 1 aliphatic heterocycles. The van der Waals surface area contributed by atoms with E-state index in [1.807, 2.05) is 36.4 Å². The van der Waals surface area contributed by atoms with Crippen LogP contribution in [0.5, 0.6) is 5.88 Å². The highest BCUT2D eigenvalue weighted by molar-refractivity contribution is 5.95. The van der Waals surface area contributed by atoms with Crippen LogP contribution in [-0.2, 0) is 4.74 Å². The Balaban J connectivity index is 1.48. The van der Waals surface area contributed by atoms with Crippen LogP contribution in [0.4, 0.5) is 11.5 Å². The van der Waals surface area contributed by atoms with Gasteiger partial charge in [0.25, 0.3) is 0 Å². The molecule has 34 heavy (non-hydrogen) atoms. The quantitative estimate of drug-likeness (QED) is 0.316. The number of nitrogens with one attached hydrogen (secondary N) is 1. The summed E-state index contributed by atoms with van der Waals surface area (Å²) in [5.41, 5.74) is 5.35. The van der Waals surface area contributed by atoms with E-state index in [1.54, 1.807) is 6.21 Å². The third-order valence-corrected chi connectivity index (χ3v) is 5.65. The molecular formula is C25H34N6O3. The summed E-state index contributed by atoms with van der Waals surface area (Å²) in [5, 5.41) is 9.42. The minimum atomic E-state index is 0.575. The Morgan fingerprint density at radius 1 is 1.15 bits per heavy atom. The van der Waals surface area contributed by atoms with Crippen molar-refractivity contribution in [2.75, 3.05) is 62.9 Å². The van der Waals surface area contributed by atoms with E-state index in [9.17, 15) is 0 Å². The third kappa shape index (κ3) is 6.45. The largest absolute Gasteiger partial charge is 0.476 e. The van der Waals surface area contributed by atoms with Crippen molar-refractivity contribution in [3.8, 4) is 5.88 Å². The van der Waals surface area contributed by atoms with Gasteiger partial charge in [-0.15, -0.1) is 0 Å². The molecule has 0 aliphatic carbocycles. The molecule has 0 amide bonds. The Labute approximate surface area is 200 Å². The summed E-state index contributed by atoms with van der Waals surface area (Å²) in [6.45, 7) is 11.1. The van der Waals surface area contributed by atoms with Crippen molar-refractivity contribution in [1.29, 1.82) is 0 Å². The zero-order valence-electron chi connectivity index (χ0n) is 20.1. The number of rotatable bonds is 12. The molecule has 0 radical (unpaired) electrons. The van der Waals surface area contributed by atoms with E-state index < -0.39 is 0 Å². The van der Waals surface area contributed by atoms with Crippen LogP contribution in [0, 0.1) is 0 Å². The van der Waals surface area contributed by atoms with Gasteiger partial charge in [0.15, 0.2) is 5.58 Å². The first kappa shape index (κ1) is 24.0. The second-order valence-corrected chi connectivity index (χ2v) is 8.28. The summed E-state index contributed by atoms with van der Waals surface area (Å²) in [6.07, 6.45) is 3.76. The molecule has 0 atom stereocenters. The fourth-order valence-electron chi connectivity index (χ4n) is 3.94. The molecule has 1 aliphatic rings. The van der Waals surface area contributed by atoms with E-state index >= 15 is 0 Å². The smallest absolute Gasteiger partial charge is 0.217 e. The lowest BCUT2D eigenvalue weighted by molar-refractivity contribution is 0.0320. The number of hydrogen-bond acceptors (Lipinski definition) is 9. The molecule has 4 rings (SSSR count). The number of nitrogens with zero attached hydrogens (tertiary/aromatic N) is 5. The normalized spacial score (nSPS) is 14.6. The minimum absolute atomic E-state index is 0.575. The monoisotopic (exact) mass is 466 g/mol. The van der Waals surface area contributed by atoms with Gasteiger partial charge in [0, 0.05) is 44.9 Å². The van der Waals surface area contributed by atoms with Gasteiger partial charge in [-0.2, -0.15) is 10.1 Å². The van der Waals surface area contributed by atoms with E-state index in [2.05, 4.69) is 39.3 Å². The van der Waals surface area contributed by atoms with Crippen LogP contribution >= 0.6 is 0 Å². The highest BCUT2D eigenvalue weighted by Gasteiger charge is 2.13. The van der Waals surface area contributed by atoms with E-state index in [-0.39, 0.29) is 0 Å². The summed E-state index contributed by atoms with van der Waals surface area (Å²) in [5.74, 6) is 1.48. The molecule has 0 bridgehead atoms. The first-order valence-corrected chi connectivity index (χ1v) is 12.1. The number of para-hydroxylation sites is 1. The number of hydrazone groups is 1. The van der Waals surface area contributed by atoms with Crippen molar-refractivity contribution in [2.45, 2.75) is 26.7 Å². The Morgan fingerprint density at radius 3 is 2.74 bits per heavy atom. The van der Waals surface area contributed by atoms with Gasteiger partial charge in [-0.1, -0.05) is 31.1 Å². The fourth-order valence-corrected chi connectivity index (χ4v) is 3.94. The Bertz CT molecular complexity index is 1060. The van der Waals surface area contributed by atoms with E-state index in [4.69, 9.17) is 19.0 Å². The average molecular weight is 467 g/mol. The summed E-state index contributed by atoms with van der Waals surface area (Å²) in [6, 6.07) is 11.6. The Kier molecular flexibility index (Phi) is 8.70. The number of anilines is 2. The molecular weight excluding hydrogens is 432 g/mol. The van der Waals surface area contributed by atoms with Gasteiger partial charge in [0.05, 0.1) is 30.5 Å². The Hall–Kier alpha value is -3.17. The SMILES string of the molecule is CCCN(CCC)c1cc(N/N=C/c2noc3ccccc23)cc(OCCN2CCOCC2)n1. The van der Waals surface area contributed by atoms with Gasteiger partial charge < -0.3 is 18.9 Å². The van der Waals surface area contributed by atoms with Crippen LogP contribution in [0.2, 0.25) is 0 Å². The predicted molar refractivity (Wildman–Crippen MR) is 135 cm³/mol. The van der Waals surface area contributed by atoms with Gasteiger partial charge in [0.2, 0.25) is 5.88 Å². The second-order valence-electron chi connectivity index (χ2n) is 8.28. The van der Waals surface area contributed by atoms with Crippen LogP contribution in [0.15, 0.2) is 46.0 Å². The van der Waals surface area contributed by atoms with Crippen molar-refractivity contribution >= 4 is 28.7 Å². The number of ether oxygens (including phenoxy) is 2. The highest BCUT2D eigenvalue weighted by atomic mass is 16.5. The molecule has 0 spiro atoms. The van der Waals surface area contributed by atoms with Gasteiger partial charge in [-0.05, 0) is 25.0 Å². The summed E-state index contributed by atoms with van der Waals surface area (Å²) in [4.78, 5) is 9.43. The topological polar surface area (TPSA) is 88.2 Å². The highest BCUT2D eigenvalue weighted by Crippen LogP contribution is 2.24. The van der Waals surface area contributed by atoms with Crippen LogP contribution in [0.25, 0.3) is 11.0 Å². The van der Waals surface area contributed by atoms with E-state index in [0.717, 1.165) is 81.3 Å². The molecule has 182 valence electrons. The number of benzene rings is 1. The molecule has 9 heteroatoms. The van der Waals surface area contributed by atoms with Gasteiger partial charge in [0.1, 0.15) is 18.1 Å². The van der Waals surface area contributed by atoms with Crippen LogP contribution in [0.1, 0.15) is 32.4 Å². The van der Waals surface area contributed by atoms with E-state index in [0.29, 0.717) is 18.2 Å². The lowest BCUT2D eigenvalue weighted by Crippen LogP contribution is -2.38. The number of aromatic nitrogens is 2. The lowest BCUT2D eigenvalue weighted by Gasteiger charge is -2.26. The van der Waals surface area contributed by atoms with Gasteiger partial charge >= 0.3 is 0 Å². The van der Waals surface area contributed by atoms with Gasteiger partial charge in [-0.25, -0.2) is 0 Å². The zero-order valence-corrected chi connectivity index (χ0v) is 20.1. The van der Waals surface area contributed by atoms with Gasteiger partial charge in [-0.3, -0.25) is 10.3 Å². The minimum Gasteiger partial charge on any atom is -0.476 e. The van der Waals surface area contributed by atoms with Crippen molar-refractivity contribution in [1.82, 2.24) is 15.0 Å². The maximum Gasteiger partial charge on any atom is 0.217 e. The number of fused-ring (bicyclic) bond motifs is 1. The third-order valence-electron chi connectivity index (χ3n) is 5.65. The van der Waals surface area contributed by atoms with Crippen LogP contribution in [0.3, 0.4) is 0 Å². The lowest BCUT2D eigenvalue weighted by atomic mass is 10.2. The van der Waals surface area contributed by atoms with Crippen LogP contribution in [-0.4, -0.2) is 73.8 Å². The molecule has 9 nitrogen and oxygen atoms in total. The first-order chi connectivity index (χ1) is 16.8. The van der Waals surface area contributed by atoms with E-state index in [1.165, 1.54) is 0 Å². The molecule has 2 aromatic heterocycles. The molecule has 0 saturated carbocycles. The molecule has 3 heterocycles. The summed E-state index contributed by atoms with van der Waals surface area (Å²) < 4.78 is 16.8. The van der Waals surface area contributed by atoms with Crippen molar-refractivity contribution in [3.63, 3.8) is 0 Å². The second kappa shape index (κ2) is 12.3. The maximum absolute atomic E-state index is 6.07. The summed E-state index contributed by atoms with van der Waals surface area (Å²) >= 11 is 0. The first-order valence-electron chi connectivity index (χ1n) is 12.1. The number of hydrogen-bond donors (Lipinski definition) is 1. The maximum atomic E-state index is 6.07. The number of morpholine rings is 1. The molecule has 1 saturated heterocycles. The Morgan fingerprint density at radius 2 is 1.94 bits per heavy atom. The number of pyridine rings is 1. The molecule has 1 N–H and O–H groups in total. The van der Waals surface area contributed by atoms with Crippen molar-refractivity contribution < 1.29 is 14.0 Å². The van der Waals surface area contributed by atoms with Crippen molar-refractivity contribution in [2.24, 2.45) is 5.10 Å². The average Bonchev–Trinajstić information content (AvgIpc) is 3.28. The predicted octanol–water partition coefficient (Wildman–Crippen LogP) is 4.01. The molecule has 1 fully saturated rings. The summed E-state index contributed by atoms with van der Waals surface area (Å²) in [7, 11) is 0. The standard InChI is InChI=1S/C25H34N6O3/c1-3-9-31(10-4-2)24-17-20(18-25(27-24)33-16-13-30-11-14-32-15-12-30)28-26-19-22-21-7-5-6-8-23(21)34-29-22/h5-8,17-19H,3-4,9-16H2,1-2H3,(H,27,28)/b26-19+.